The van der Waals surface area contributed by atoms with Gasteiger partial charge < -0.3 is 15.4 Å². The van der Waals surface area contributed by atoms with Gasteiger partial charge in [-0.3, -0.25) is 0 Å². The van der Waals surface area contributed by atoms with Gasteiger partial charge in [0.2, 0.25) is 0 Å². The van der Waals surface area contributed by atoms with Gasteiger partial charge in [0.1, 0.15) is 11.6 Å². The van der Waals surface area contributed by atoms with E-state index in [9.17, 15) is 4.39 Å². The van der Waals surface area contributed by atoms with Crippen LogP contribution in [0.3, 0.4) is 0 Å². The zero-order valence-electron chi connectivity index (χ0n) is 14.1. The van der Waals surface area contributed by atoms with Gasteiger partial charge in [-0.2, -0.15) is 0 Å². The van der Waals surface area contributed by atoms with Gasteiger partial charge in [-0.1, -0.05) is 12.1 Å². The molecule has 0 amide bonds. The smallest absolute Gasteiger partial charge is 0.123 e. The lowest BCUT2D eigenvalue weighted by atomic mass is 9.88. The minimum absolute atomic E-state index is 0.142. The van der Waals surface area contributed by atoms with Crippen molar-refractivity contribution in [2.24, 2.45) is 11.7 Å². The number of nitrogens with zero attached hydrogens (tertiary/aromatic N) is 1. The maximum Gasteiger partial charge on any atom is 0.123 e. The van der Waals surface area contributed by atoms with Gasteiger partial charge in [0.25, 0.3) is 0 Å². The Morgan fingerprint density at radius 1 is 1.17 bits per heavy atom. The van der Waals surface area contributed by atoms with Crippen LogP contribution in [0.15, 0.2) is 48.5 Å². The highest BCUT2D eigenvalue weighted by atomic mass is 19.1. The van der Waals surface area contributed by atoms with Crippen LogP contribution < -0.4 is 15.4 Å². The summed E-state index contributed by atoms with van der Waals surface area (Å²) in [6.45, 7) is 4.45. The highest BCUT2D eigenvalue weighted by molar-refractivity contribution is 5.49. The molecule has 0 radical (unpaired) electrons. The first kappa shape index (κ1) is 16.8. The Kier molecular flexibility index (Phi) is 5.36. The van der Waals surface area contributed by atoms with Crippen molar-refractivity contribution in [3.63, 3.8) is 0 Å². The molecule has 2 aromatic rings. The topological polar surface area (TPSA) is 38.5 Å². The van der Waals surface area contributed by atoms with E-state index in [1.54, 1.807) is 12.1 Å². The minimum Gasteiger partial charge on any atom is -0.494 e. The van der Waals surface area contributed by atoms with Gasteiger partial charge in [0.15, 0.2) is 0 Å². The summed E-state index contributed by atoms with van der Waals surface area (Å²) in [4.78, 5) is 2.33. The predicted molar refractivity (Wildman–Crippen MR) is 96.0 cm³/mol. The van der Waals surface area contributed by atoms with Gasteiger partial charge in [-0.25, -0.2) is 4.39 Å². The summed E-state index contributed by atoms with van der Waals surface area (Å²) < 4.78 is 18.9. The van der Waals surface area contributed by atoms with Crippen molar-refractivity contribution < 1.29 is 9.13 Å². The van der Waals surface area contributed by atoms with E-state index in [-0.39, 0.29) is 11.9 Å². The SMILES string of the molecule is CCOc1ccc(N2CC(N)CC(Cc3cccc(F)c3)C2)cc1. The molecule has 1 fully saturated rings. The Balaban J connectivity index is 1.68. The summed E-state index contributed by atoms with van der Waals surface area (Å²) in [5.41, 5.74) is 8.48. The Labute approximate surface area is 143 Å². The summed E-state index contributed by atoms with van der Waals surface area (Å²) in [5.74, 6) is 1.15. The molecule has 1 heterocycles. The van der Waals surface area contributed by atoms with Crippen molar-refractivity contribution in [1.29, 1.82) is 0 Å². The maximum absolute atomic E-state index is 13.4. The number of rotatable bonds is 5. The fraction of sp³-hybridized carbons (Fsp3) is 0.400. The molecule has 2 atom stereocenters. The first-order chi connectivity index (χ1) is 11.6. The van der Waals surface area contributed by atoms with Crippen LogP contribution in [-0.2, 0) is 6.42 Å². The monoisotopic (exact) mass is 328 g/mol. The molecule has 2 unspecified atom stereocenters. The van der Waals surface area contributed by atoms with Crippen LogP contribution in [0, 0.1) is 11.7 Å². The van der Waals surface area contributed by atoms with Crippen molar-refractivity contribution >= 4 is 5.69 Å². The van der Waals surface area contributed by atoms with Crippen LogP contribution >= 0.6 is 0 Å². The minimum atomic E-state index is -0.170. The standard InChI is InChI=1S/C20H25FN2O/c1-2-24-20-8-6-19(7-9-20)23-13-16(12-18(22)14-23)10-15-4-3-5-17(21)11-15/h3-9,11,16,18H,2,10,12-14,22H2,1H3. The van der Waals surface area contributed by atoms with Crippen LogP contribution in [0.25, 0.3) is 0 Å². The van der Waals surface area contributed by atoms with E-state index >= 15 is 0 Å². The Hall–Kier alpha value is -2.07. The number of piperidine rings is 1. The van der Waals surface area contributed by atoms with E-state index in [0.29, 0.717) is 12.5 Å². The average molecular weight is 328 g/mol. The third kappa shape index (κ3) is 4.26. The molecule has 3 rings (SSSR count). The molecule has 0 spiro atoms. The van der Waals surface area contributed by atoms with E-state index in [4.69, 9.17) is 10.5 Å². The summed E-state index contributed by atoms with van der Waals surface area (Å²) in [6.07, 6.45) is 1.84. The van der Waals surface area contributed by atoms with Gasteiger partial charge >= 0.3 is 0 Å². The molecule has 128 valence electrons. The Morgan fingerprint density at radius 2 is 1.96 bits per heavy atom. The third-order valence-corrected chi connectivity index (χ3v) is 4.50. The molecule has 0 saturated carbocycles. The molecule has 2 N–H and O–H groups in total. The van der Waals surface area contributed by atoms with E-state index < -0.39 is 0 Å². The largest absolute Gasteiger partial charge is 0.494 e. The van der Waals surface area contributed by atoms with E-state index in [2.05, 4.69) is 17.0 Å². The molecule has 0 aliphatic carbocycles. The summed E-state index contributed by atoms with van der Waals surface area (Å²) in [7, 11) is 0. The van der Waals surface area contributed by atoms with Gasteiger partial charge in [-0.15, -0.1) is 0 Å². The molecule has 1 saturated heterocycles. The second kappa shape index (κ2) is 7.67. The maximum atomic E-state index is 13.4. The molecule has 24 heavy (non-hydrogen) atoms. The number of benzene rings is 2. The second-order valence-corrected chi connectivity index (χ2v) is 6.53. The number of hydrogen-bond donors (Lipinski definition) is 1. The first-order valence-corrected chi connectivity index (χ1v) is 8.62. The molecular formula is C20H25FN2O. The molecule has 3 nitrogen and oxygen atoms in total. The van der Waals surface area contributed by atoms with Crippen molar-refractivity contribution in [2.45, 2.75) is 25.8 Å². The molecule has 1 aliphatic heterocycles. The van der Waals surface area contributed by atoms with Gasteiger partial charge in [-0.05, 0) is 67.6 Å². The van der Waals surface area contributed by atoms with Crippen LogP contribution in [0.5, 0.6) is 5.75 Å². The van der Waals surface area contributed by atoms with Crippen molar-refractivity contribution in [3.05, 3.63) is 59.9 Å². The Morgan fingerprint density at radius 3 is 2.67 bits per heavy atom. The summed E-state index contributed by atoms with van der Waals surface area (Å²) in [6, 6.07) is 15.2. The fourth-order valence-corrected chi connectivity index (χ4v) is 3.52. The number of hydrogen-bond acceptors (Lipinski definition) is 3. The number of ether oxygens (including phenoxy) is 1. The van der Waals surface area contributed by atoms with Crippen molar-refractivity contribution in [1.82, 2.24) is 0 Å². The first-order valence-electron chi connectivity index (χ1n) is 8.62. The molecule has 0 bridgehead atoms. The second-order valence-electron chi connectivity index (χ2n) is 6.53. The average Bonchev–Trinajstić information content (AvgIpc) is 2.55. The third-order valence-electron chi connectivity index (χ3n) is 4.50. The van der Waals surface area contributed by atoms with E-state index in [1.165, 1.54) is 6.07 Å². The van der Waals surface area contributed by atoms with E-state index in [0.717, 1.165) is 42.9 Å². The van der Waals surface area contributed by atoms with Crippen LogP contribution in [0.4, 0.5) is 10.1 Å². The lowest BCUT2D eigenvalue weighted by Gasteiger charge is -2.38. The molecule has 0 aromatic heterocycles. The molecule has 2 aromatic carbocycles. The number of halogens is 1. The number of anilines is 1. The van der Waals surface area contributed by atoms with Gasteiger partial charge in [0, 0.05) is 24.8 Å². The van der Waals surface area contributed by atoms with Crippen LogP contribution in [0.2, 0.25) is 0 Å². The van der Waals surface area contributed by atoms with Crippen molar-refractivity contribution in [3.8, 4) is 5.75 Å². The lowest BCUT2D eigenvalue weighted by molar-refractivity contribution is 0.340. The fourth-order valence-electron chi connectivity index (χ4n) is 3.52. The number of nitrogens with two attached hydrogens (primary N) is 1. The highest BCUT2D eigenvalue weighted by Gasteiger charge is 2.25. The van der Waals surface area contributed by atoms with Crippen LogP contribution in [0.1, 0.15) is 18.9 Å². The summed E-state index contributed by atoms with van der Waals surface area (Å²) >= 11 is 0. The van der Waals surface area contributed by atoms with Crippen molar-refractivity contribution in [2.75, 3.05) is 24.6 Å². The predicted octanol–water partition coefficient (Wildman–Crippen LogP) is 3.62. The Bertz CT molecular complexity index is 659. The van der Waals surface area contributed by atoms with Gasteiger partial charge in [0.05, 0.1) is 6.61 Å². The molecule has 4 heteroatoms. The molecular weight excluding hydrogens is 303 g/mol. The van der Waals surface area contributed by atoms with E-state index in [1.807, 2.05) is 25.1 Å². The zero-order valence-corrected chi connectivity index (χ0v) is 14.1. The highest BCUT2D eigenvalue weighted by Crippen LogP contribution is 2.27. The summed E-state index contributed by atoms with van der Waals surface area (Å²) in [5, 5.41) is 0. The normalized spacial score (nSPS) is 20.9. The zero-order chi connectivity index (χ0) is 16.9. The van der Waals surface area contributed by atoms with Crippen LogP contribution in [-0.4, -0.2) is 25.7 Å². The quantitative estimate of drug-likeness (QED) is 0.911. The lowest BCUT2D eigenvalue weighted by Crippen LogP contribution is -2.47. The molecule has 1 aliphatic rings.